The number of H-pyrrole nitrogens is 1. The average Bonchev–Trinajstić information content (AvgIpc) is 3.38. The van der Waals surface area contributed by atoms with Gasteiger partial charge in [0.1, 0.15) is 35.3 Å². The molecule has 0 bridgehead atoms. The van der Waals surface area contributed by atoms with Crippen molar-refractivity contribution in [2.45, 2.75) is 64.3 Å². The molecular weight excluding hydrogens is 532 g/mol. The average molecular weight is 567 g/mol. The lowest BCUT2D eigenvalue weighted by atomic mass is 9.89. The molecule has 0 aliphatic carbocycles. The number of benzene rings is 2. The summed E-state index contributed by atoms with van der Waals surface area (Å²) in [5, 5.41) is 25.4. The van der Waals surface area contributed by atoms with E-state index in [4.69, 9.17) is 23.4 Å². The van der Waals surface area contributed by atoms with Gasteiger partial charge in [0, 0.05) is 29.0 Å². The van der Waals surface area contributed by atoms with E-state index in [0.717, 1.165) is 10.9 Å². The summed E-state index contributed by atoms with van der Waals surface area (Å²) in [6, 6.07) is 12.3. The molecule has 218 valence electrons. The molecule has 0 unspecified atom stereocenters. The maximum atomic E-state index is 13.0. The minimum Gasteiger partial charge on any atom is -0.490 e. The Bertz CT molecular complexity index is 1610. The number of carbonyl (C=O) groups excluding carboxylic acids is 1. The van der Waals surface area contributed by atoms with E-state index in [9.17, 15) is 19.8 Å². The third kappa shape index (κ3) is 5.41. The molecule has 1 aliphatic rings. The molecule has 1 amide bonds. The molecule has 3 heterocycles. The van der Waals surface area contributed by atoms with Crippen LogP contribution in [0.5, 0.6) is 11.5 Å². The number of rotatable bonds is 8. The van der Waals surface area contributed by atoms with Crippen LogP contribution in [-0.2, 0) is 9.47 Å². The Labute approximate surface area is 236 Å². The topological polar surface area (TPSA) is 152 Å². The summed E-state index contributed by atoms with van der Waals surface area (Å²) in [6.45, 7) is 7.42. The number of amides is 1. The van der Waals surface area contributed by atoms with Crippen molar-refractivity contribution in [2.24, 2.45) is 0 Å². The number of hydrogen-bond acceptors (Lipinski definition) is 9. The number of hydrogen-bond donors (Lipinski definition) is 4. The molecule has 11 heteroatoms. The van der Waals surface area contributed by atoms with E-state index in [1.165, 1.54) is 13.2 Å². The summed E-state index contributed by atoms with van der Waals surface area (Å²) < 4.78 is 29.0. The van der Waals surface area contributed by atoms with Crippen LogP contribution < -0.4 is 20.4 Å². The van der Waals surface area contributed by atoms with Crippen molar-refractivity contribution in [3.8, 4) is 11.5 Å². The van der Waals surface area contributed by atoms with Gasteiger partial charge in [0.15, 0.2) is 11.5 Å². The number of aliphatic hydroxyl groups is 2. The highest BCUT2D eigenvalue weighted by molar-refractivity contribution is 6.06. The number of para-hydroxylation sites is 1. The molecule has 2 aromatic heterocycles. The molecule has 2 aromatic carbocycles. The number of aryl methyl sites for hydroxylation is 1. The Morgan fingerprint density at radius 2 is 1.88 bits per heavy atom. The Hall–Kier alpha value is -3.90. The van der Waals surface area contributed by atoms with Crippen LogP contribution in [0.25, 0.3) is 21.9 Å². The van der Waals surface area contributed by atoms with Gasteiger partial charge in [-0.2, -0.15) is 0 Å². The lowest BCUT2D eigenvalue weighted by Crippen LogP contribution is -2.63. The maximum absolute atomic E-state index is 13.0. The number of aliphatic hydroxyl groups excluding tert-OH is 2. The Morgan fingerprint density at radius 3 is 2.59 bits per heavy atom. The minimum atomic E-state index is -1.43. The number of nitrogens with one attached hydrogen (secondary N) is 2. The van der Waals surface area contributed by atoms with Crippen LogP contribution in [0.1, 0.15) is 43.2 Å². The lowest BCUT2D eigenvalue weighted by molar-refractivity contribution is -0.306. The third-order valence-electron chi connectivity index (χ3n) is 7.18. The molecule has 11 nitrogen and oxygen atoms in total. The highest BCUT2D eigenvalue weighted by atomic mass is 16.7. The van der Waals surface area contributed by atoms with Crippen LogP contribution in [0.15, 0.2) is 51.7 Å². The predicted molar refractivity (Wildman–Crippen MR) is 152 cm³/mol. The van der Waals surface area contributed by atoms with E-state index in [1.807, 2.05) is 31.2 Å². The maximum Gasteiger partial charge on any atom is 0.360 e. The second kappa shape index (κ2) is 11.2. The van der Waals surface area contributed by atoms with Crippen LogP contribution in [0.4, 0.5) is 5.69 Å². The fourth-order valence-electron chi connectivity index (χ4n) is 5.14. The van der Waals surface area contributed by atoms with Gasteiger partial charge < -0.3 is 43.9 Å². The molecule has 1 fully saturated rings. The highest BCUT2D eigenvalue weighted by Gasteiger charge is 2.50. The first-order chi connectivity index (χ1) is 19.5. The highest BCUT2D eigenvalue weighted by Crippen LogP contribution is 2.41. The van der Waals surface area contributed by atoms with E-state index in [-0.39, 0.29) is 17.0 Å². The van der Waals surface area contributed by atoms with Gasteiger partial charge in [-0.15, -0.1) is 0 Å². The Kier molecular flexibility index (Phi) is 7.80. The van der Waals surface area contributed by atoms with Crippen molar-refractivity contribution in [3.63, 3.8) is 0 Å². The van der Waals surface area contributed by atoms with Gasteiger partial charge in [0.2, 0.25) is 6.29 Å². The fraction of sp³-hybridized carbons (Fsp3) is 0.400. The van der Waals surface area contributed by atoms with Crippen molar-refractivity contribution in [1.29, 1.82) is 0 Å². The monoisotopic (exact) mass is 566 g/mol. The molecule has 0 radical (unpaired) electrons. The number of fused-ring (bicyclic) bond motifs is 2. The van der Waals surface area contributed by atoms with E-state index in [1.54, 1.807) is 32.9 Å². The van der Waals surface area contributed by atoms with Crippen molar-refractivity contribution in [2.75, 3.05) is 19.0 Å². The zero-order valence-electron chi connectivity index (χ0n) is 23.5. The molecule has 5 rings (SSSR count). The first-order valence-corrected chi connectivity index (χ1v) is 13.4. The van der Waals surface area contributed by atoms with E-state index in [0.29, 0.717) is 35.4 Å². The molecular formula is C30H34N2O9. The number of anilines is 1. The van der Waals surface area contributed by atoms with Crippen LogP contribution in [-0.4, -0.2) is 65.0 Å². The Morgan fingerprint density at radius 1 is 1.12 bits per heavy atom. The van der Waals surface area contributed by atoms with Crippen LogP contribution in [0, 0.1) is 6.92 Å². The molecule has 4 aromatic rings. The van der Waals surface area contributed by atoms with Gasteiger partial charge in [0.25, 0.3) is 5.91 Å². The second-order valence-electron chi connectivity index (χ2n) is 10.6. The normalized spacial score (nSPS) is 22.1. The van der Waals surface area contributed by atoms with Crippen molar-refractivity contribution < 1.29 is 38.4 Å². The number of carbonyl (C=O) groups is 1. The van der Waals surface area contributed by atoms with Crippen LogP contribution >= 0.6 is 0 Å². The first-order valence-electron chi connectivity index (χ1n) is 13.4. The smallest absolute Gasteiger partial charge is 0.360 e. The molecule has 4 atom stereocenters. The zero-order valence-corrected chi connectivity index (χ0v) is 23.5. The summed E-state index contributed by atoms with van der Waals surface area (Å²) in [6.07, 6.45) is -4.07. The largest absolute Gasteiger partial charge is 0.490 e. The molecule has 41 heavy (non-hydrogen) atoms. The summed E-state index contributed by atoms with van der Waals surface area (Å²) in [4.78, 5) is 28.9. The van der Waals surface area contributed by atoms with Gasteiger partial charge in [0.05, 0.1) is 12.2 Å². The molecule has 1 aliphatic heterocycles. The van der Waals surface area contributed by atoms with Crippen molar-refractivity contribution in [3.05, 3.63) is 64.1 Å². The van der Waals surface area contributed by atoms with Gasteiger partial charge in [-0.25, -0.2) is 4.79 Å². The summed E-state index contributed by atoms with van der Waals surface area (Å²) in [5.74, 6) is 0.00776. The van der Waals surface area contributed by atoms with Crippen LogP contribution in [0.3, 0.4) is 0 Å². The minimum absolute atomic E-state index is 0.0443. The first kappa shape index (κ1) is 28.6. The predicted octanol–water partition coefficient (Wildman–Crippen LogP) is 3.87. The SMILES string of the molecule is CCCOc1cc2cc(NC(=O)c3cc4ccccc4[nH]3)c(=O)oc2c(C)c1O[C@@H]1OC(C)(C)[C@H](OC)[C@@H](O)[C@@H]1O. The summed E-state index contributed by atoms with van der Waals surface area (Å²) in [5.41, 5.74) is -0.0793. The third-order valence-corrected chi connectivity index (χ3v) is 7.18. The standard InChI is InChI=1S/C30H34N2O9/c1-6-11-38-21-14-17-13-20(32-27(35)19-12-16-9-7-8-10-18(16)31-19)28(36)39-24(17)15(2)25(21)40-29-23(34)22(33)26(37-5)30(3,4)41-29/h7-10,12-14,22-23,26,29,31,33-34H,6,11H2,1-5H3,(H,32,35)/t22-,23-,26+,29+/m0/s1. The molecule has 0 spiro atoms. The summed E-state index contributed by atoms with van der Waals surface area (Å²) in [7, 11) is 1.43. The van der Waals surface area contributed by atoms with Crippen molar-refractivity contribution >= 4 is 33.5 Å². The number of aromatic nitrogens is 1. The van der Waals surface area contributed by atoms with Gasteiger partial charge in [-0.1, -0.05) is 25.1 Å². The zero-order chi connectivity index (χ0) is 29.5. The fourth-order valence-corrected chi connectivity index (χ4v) is 5.14. The second-order valence-corrected chi connectivity index (χ2v) is 10.6. The van der Waals surface area contributed by atoms with Gasteiger partial charge in [-0.05, 0) is 51.5 Å². The Balaban J connectivity index is 1.49. The van der Waals surface area contributed by atoms with E-state index >= 15 is 0 Å². The molecule has 1 saturated heterocycles. The van der Waals surface area contributed by atoms with Gasteiger partial charge >= 0.3 is 5.63 Å². The quantitative estimate of drug-likeness (QED) is 0.233. The number of methoxy groups -OCH3 is 1. The lowest BCUT2D eigenvalue weighted by Gasteiger charge is -2.46. The summed E-state index contributed by atoms with van der Waals surface area (Å²) >= 11 is 0. The molecule has 0 saturated carbocycles. The number of aromatic amines is 1. The van der Waals surface area contributed by atoms with Crippen molar-refractivity contribution in [1.82, 2.24) is 4.98 Å². The van der Waals surface area contributed by atoms with Gasteiger partial charge in [-0.3, -0.25) is 4.79 Å². The van der Waals surface area contributed by atoms with E-state index in [2.05, 4.69) is 10.3 Å². The van der Waals surface area contributed by atoms with Crippen LogP contribution in [0.2, 0.25) is 0 Å². The molecule has 4 N–H and O–H groups in total. The number of ether oxygens (including phenoxy) is 4. The van der Waals surface area contributed by atoms with E-state index < -0.39 is 41.7 Å².